The normalized spacial score (nSPS) is 12.8. The van der Waals surface area contributed by atoms with E-state index in [-0.39, 0.29) is 31.3 Å². The first-order valence-electron chi connectivity index (χ1n) is 11.6. The summed E-state index contributed by atoms with van der Waals surface area (Å²) in [6.45, 7) is 1.91. The molecular formula is C28H28N2O5. The number of rotatable bonds is 9. The van der Waals surface area contributed by atoms with E-state index in [9.17, 15) is 14.4 Å². The van der Waals surface area contributed by atoms with Crippen LogP contribution in [0.2, 0.25) is 0 Å². The second-order valence-corrected chi connectivity index (χ2v) is 8.71. The van der Waals surface area contributed by atoms with Crippen molar-refractivity contribution in [2.24, 2.45) is 0 Å². The van der Waals surface area contributed by atoms with E-state index in [0.717, 1.165) is 16.7 Å². The molecule has 0 radical (unpaired) electrons. The van der Waals surface area contributed by atoms with Gasteiger partial charge in [-0.2, -0.15) is 0 Å². The van der Waals surface area contributed by atoms with Crippen LogP contribution in [0, 0.1) is 0 Å². The van der Waals surface area contributed by atoms with Gasteiger partial charge in [0.25, 0.3) is 0 Å². The predicted octanol–water partition coefficient (Wildman–Crippen LogP) is 4.96. The number of carbonyl (C=O) groups is 3. The molecule has 0 saturated heterocycles. The zero-order valence-corrected chi connectivity index (χ0v) is 19.5. The van der Waals surface area contributed by atoms with Crippen LogP contribution >= 0.6 is 0 Å². The summed E-state index contributed by atoms with van der Waals surface area (Å²) in [5.74, 6) is -1.14. The molecule has 0 unspecified atom stereocenters. The summed E-state index contributed by atoms with van der Waals surface area (Å²) < 4.78 is 5.57. The van der Waals surface area contributed by atoms with Crippen LogP contribution in [0.1, 0.15) is 42.4 Å². The van der Waals surface area contributed by atoms with Crippen LogP contribution in [-0.4, -0.2) is 35.7 Å². The minimum absolute atomic E-state index is 0.000102. The molecule has 3 aromatic rings. The number of anilines is 1. The maximum absolute atomic E-state index is 12.4. The first kappa shape index (κ1) is 24.0. The van der Waals surface area contributed by atoms with E-state index in [1.807, 2.05) is 36.4 Å². The fourth-order valence-corrected chi connectivity index (χ4v) is 4.42. The van der Waals surface area contributed by atoms with Crippen LogP contribution < -0.4 is 10.6 Å². The lowest BCUT2D eigenvalue weighted by molar-refractivity contribution is -0.137. The van der Waals surface area contributed by atoms with Gasteiger partial charge in [0.15, 0.2) is 0 Å². The zero-order valence-electron chi connectivity index (χ0n) is 19.5. The highest BCUT2D eigenvalue weighted by Crippen LogP contribution is 2.44. The molecule has 4 rings (SSSR count). The average molecular weight is 473 g/mol. The van der Waals surface area contributed by atoms with Crippen molar-refractivity contribution in [3.05, 3.63) is 89.5 Å². The van der Waals surface area contributed by atoms with Crippen LogP contribution in [0.25, 0.3) is 11.1 Å². The molecule has 2 amide bonds. The largest absolute Gasteiger partial charge is 0.481 e. The molecular weight excluding hydrogens is 444 g/mol. The molecule has 0 heterocycles. The summed E-state index contributed by atoms with van der Waals surface area (Å²) in [7, 11) is 0. The molecule has 1 atom stereocenters. The highest BCUT2D eigenvalue weighted by atomic mass is 16.5. The first-order valence-corrected chi connectivity index (χ1v) is 11.6. The van der Waals surface area contributed by atoms with E-state index < -0.39 is 18.1 Å². The molecule has 7 nitrogen and oxygen atoms in total. The van der Waals surface area contributed by atoms with Crippen molar-refractivity contribution in [3.63, 3.8) is 0 Å². The van der Waals surface area contributed by atoms with E-state index >= 15 is 0 Å². The SMILES string of the molecule is C[C@H](CC(=O)O)NC(=O)CCc1ccc(NC(=O)OCC2c3ccccc3-c3ccccc32)cc1. The Morgan fingerprint density at radius 2 is 1.51 bits per heavy atom. The molecule has 7 heteroatoms. The Balaban J connectivity index is 1.26. The number of amides is 2. The Labute approximate surface area is 204 Å². The lowest BCUT2D eigenvalue weighted by Gasteiger charge is -2.15. The number of fused-ring (bicyclic) bond motifs is 3. The summed E-state index contributed by atoms with van der Waals surface area (Å²) in [6, 6.07) is 23.2. The quantitative estimate of drug-likeness (QED) is 0.408. The van der Waals surface area contributed by atoms with E-state index in [2.05, 4.69) is 34.9 Å². The standard InChI is InChI=1S/C28H28N2O5/c1-18(16-27(32)33)29-26(31)15-12-19-10-13-20(14-11-19)30-28(34)35-17-25-23-8-4-2-6-21(23)22-7-3-5-9-24(22)25/h2-11,13-14,18,25H,12,15-17H2,1H3,(H,29,31)(H,30,34)(H,32,33)/t18-/m1/s1. The number of benzene rings is 3. The Kier molecular flexibility index (Phi) is 7.45. The van der Waals surface area contributed by atoms with Gasteiger partial charge in [0.05, 0.1) is 6.42 Å². The monoisotopic (exact) mass is 472 g/mol. The molecule has 3 aromatic carbocycles. The number of nitrogens with one attached hydrogen (secondary N) is 2. The van der Waals surface area contributed by atoms with Gasteiger partial charge in [-0.25, -0.2) is 4.79 Å². The molecule has 180 valence electrons. The van der Waals surface area contributed by atoms with Gasteiger partial charge in [0, 0.05) is 24.1 Å². The summed E-state index contributed by atoms with van der Waals surface area (Å²) >= 11 is 0. The van der Waals surface area contributed by atoms with Gasteiger partial charge in [-0.3, -0.25) is 14.9 Å². The molecule has 0 aromatic heterocycles. The smallest absolute Gasteiger partial charge is 0.411 e. The van der Waals surface area contributed by atoms with Gasteiger partial charge in [-0.05, 0) is 53.3 Å². The van der Waals surface area contributed by atoms with E-state index in [1.165, 1.54) is 11.1 Å². The molecule has 0 saturated carbocycles. The highest BCUT2D eigenvalue weighted by Gasteiger charge is 2.29. The van der Waals surface area contributed by atoms with Crippen molar-refractivity contribution in [2.45, 2.75) is 38.1 Å². The van der Waals surface area contributed by atoms with E-state index in [1.54, 1.807) is 19.1 Å². The Bertz CT molecular complexity index is 1180. The molecule has 1 aliphatic carbocycles. The van der Waals surface area contributed by atoms with E-state index in [4.69, 9.17) is 9.84 Å². The summed E-state index contributed by atoms with van der Waals surface area (Å²) in [5.41, 5.74) is 6.21. The maximum atomic E-state index is 12.4. The van der Waals surface area contributed by atoms with Crippen LogP contribution in [0.5, 0.6) is 0 Å². The van der Waals surface area contributed by atoms with Gasteiger partial charge >= 0.3 is 12.1 Å². The van der Waals surface area contributed by atoms with Gasteiger partial charge in [0.1, 0.15) is 6.61 Å². The number of carbonyl (C=O) groups excluding carboxylic acids is 2. The van der Waals surface area contributed by atoms with Crippen molar-refractivity contribution in [1.82, 2.24) is 5.32 Å². The Morgan fingerprint density at radius 3 is 2.11 bits per heavy atom. The van der Waals surface area contributed by atoms with Gasteiger partial charge in [-0.15, -0.1) is 0 Å². The highest BCUT2D eigenvalue weighted by molar-refractivity contribution is 5.85. The fourth-order valence-electron chi connectivity index (χ4n) is 4.42. The molecule has 35 heavy (non-hydrogen) atoms. The van der Waals surface area contributed by atoms with Crippen molar-refractivity contribution in [2.75, 3.05) is 11.9 Å². The molecule has 0 fully saturated rings. The number of carboxylic acids is 1. The topological polar surface area (TPSA) is 105 Å². The summed E-state index contributed by atoms with van der Waals surface area (Å²) in [5, 5.41) is 14.2. The third-order valence-electron chi connectivity index (χ3n) is 6.07. The Morgan fingerprint density at radius 1 is 0.914 bits per heavy atom. The van der Waals surface area contributed by atoms with E-state index in [0.29, 0.717) is 12.1 Å². The summed E-state index contributed by atoms with van der Waals surface area (Å²) in [4.78, 5) is 35.1. The molecule has 0 bridgehead atoms. The third kappa shape index (κ3) is 6.06. The van der Waals surface area contributed by atoms with Crippen LogP contribution in [0.3, 0.4) is 0 Å². The summed E-state index contributed by atoms with van der Waals surface area (Å²) in [6.07, 6.45) is 0.133. The lowest BCUT2D eigenvalue weighted by atomic mass is 9.98. The van der Waals surface area contributed by atoms with Crippen molar-refractivity contribution < 1.29 is 24.2 Å². The van der Waals surface area contributed by atoms with Crippen LogP contribution in [0.15, 0.2) is 72.8 Å². The Hall–Kier alpha value is -4.13. The van der Waals surface area contributed by atoms with Gasteiger partial charge < -0.3 is 15.2 Å². The zero-order chi connectivity index (χ0) is 24.8. The maximum Gasteiger partial charge on any atom is 0.411 e. The molecule has 0 spiro atoms. The van der Waals surface area contributed by atoms with Crippen molar-refractivity contribution in [3.8, 4) is 11.1 Å². The number of hydrogen-bond donors (Lipinski definition) is 3. The lowest BCUT2D eigenvalue weighted by Crippen LogP contribution is -2.34. The van der Waals surface area contributed by atoms with Crippen LogP contribution in [0.4, 0.5) is 10.5 Å². The number of aryl methyl sites for hydroxylation is 1. The van der Waals surface area contributed by atoms with Crippen LogP contribution in [-0.2, 0) is 20.7 Å². The average Bonchev–Trinajstić information content (AvgIpc) is 3.15. The second-order valence-electron chi connectivity index (χ2n) is 8.71. The fraction of sp³-hybridized carbons (Fsp3) is 0.250. The number of ether oxygens (including phenoxy) is 1. The molecule has 0 aliphatic heterocycles. The number of hydrogen-bond acceptors (Lipinski definition) is 4. The third-order valence-corrected chi connectivity index (χ3v) is 6.07. The first-order chi connectivity index (χ1) is 16.9. The minimum atomic E-state index is -0.947. The molecule has 1 aliphatic rings. The minimum Gasteiger partial charge on any atom is -0.481 e. The molecule has 3 N–H and O–H groups in total. The van der Waals surface area contributed by atoms with Crippen molar-refractivity contribution >= 4 is 23.7 Å². The van der Waals surface area contributed by atoms with Crippen molar-refractivity contribution in [1.29, 1.82) is 0 Å². The van der Waals surface area contributed by atoms with Gasteiger partial charge in [-0.1, -0.05) is 60.7 Å². The number of carboxylic acid groups (broad SMARTS) is 1. The second kappa shape index (κ2) is 10.9. The predicted molar refractivity (Wildman–Crippen MR) is 133 cm³/mol. The van der Waals surface area contributed by atoms with Gasteiger partial charge in [0.2, 0.25) is 5.91 Å². The number of aliphatic carboxylic acids is 1.